The summed E-state index contributed by atoms with van der Waals surface area (Å²) in [5.74, 6) is 0.539. The Balaban J connectivity index is 4.05. The molecular weight excluding hydrogens is 236 g/mol. The fourth-order valence-electron chi connectivity index (χ4n) is 1.32. The Kier molecular flexibility index (Phi) is 7.20. The monoisotopic (exact) mass is 254 g/mol. The highest BCUT2D eigenvalue weighted by atomic mass is 16.4. The van der Waals surface area contributed by atoms with E-state index in [9.17, 15) is 14.4 Å². The average Bonchev–Trinajstić information content (AvgIpc) is 2.23. The van der Waals surface area contributed by atoms with Gasteiger partial charge in [0.05, 0.1) is 6.04 Å². The highest BCUT2D eigenvalue weighted by molar-refractivity contribution is 5.94. The predicted molar refractivity (Wildman–Crippen MR) is 65.6 cm³/mol. The van der Waals surface area contributed by atoms with Crippen molar-refractivity contribution in [3.63, 3.8) is 0 Å². The smallest absolute Gasteiger partial charge is 0.322 e. The molecule has 18 heavy (non-hydrogen) atoms. The summed E-state index contributed by atoms with van der Waals surface area (Å²) in [6, 6.07) is -1.08. The molecule has 0 bridgehead atoms. The lowest BCUT2D eigenvalue weighted by Gasteiger charge is -2.12. The number of terminal acetylenes is 1. The fraction of sp³-hybridized carbons (Fsp3) is 0.583. The van der Waals surface area contributed by atoms with Gasteiger partial charge in [-0.25, -0.2) is 4.79 Å². The Morgan fingerprint density at radius 1 is 1.33 bits per heavy atom. The van der Waals surface area contributed by atoms with Gasteiger partial charge in [-0.15, -0.1) is 6.42 Å². The summed E-state index contributed by atoms with van der Waals surface area (Å²) in [5, 5.41) is 13.1. The van der Waals surface area contributed by atoms with Gasteiger partial charge in [0.2, 0.25) is 5.91 Å². The minimum Gasteiger partial charge on any atom is -0.481 e. The minimum atomic E-state index is -0.974. The second kappa shape index (κ2) is 8.12. The molecule has 0 saturated carbocycles. The van der Waals surface area contributed by atoms with Gasteiger partial charge in [-0.1, -0.05) is 19.8 Å². The van der Waals surface area contributed by atoms with Crippen LogP contribution in [0.15, 0.2) is 0 Å². The molecule has 0 fully saturated rings. The lowest BCUT2D eigenvalue weighted by Crippen LogP contribution is -2.44. The van der Waals surface area contributed by atoms with Gasteiger partial charge in [0, 0.05) is 12.8 Å². The normalized spacial score (nSPS) is 12.9. The van der Waals surface area contributed by atoms with Crippen LogP contribution in [-0.4, -0.2) is 29.1 Å². The molecule has 0 heterocycles. The molecule has 2 atom stereocenters. The summed E-state index contributed by atoms with van der Waals surface area (Å²) in [6.45, 7) is 3.43. The minimum absolute atomic E-state index is 0.0213. The highest BCUT2D eigenvalue weighted by Gasteiger charge is 2.15. The van der Waals surface area contributed by atoms with Crippen LogP contribution in [-0.2, 0) is 9.59 Å². The zero-order valence-corrected chi connectivity index (χ0v) is 10.5. The van der Waals surface area contributed by atoms with Crippen molar-refractivity contribution in [2.75, 3.05) is 0 Å². The first-order chi connectivity index (χ1) is 8.38. The molecule has 0 rings (SSSR count). The number of carbonyl (C=O) groups is 3. The molecule has 0 aliphatic heterocycles. The summed E-state index contributed by atoms with van der Waals surface area (Å²) in [4.78, 5) is 33.1. The molecule has 3 N–H and O–H groups in total. The maximum atomic E-state index is 11.4. The lowest BCUT2D eigenvalue weighted by molar-refractivity contribution is -0.138. The quantitative estimate of drug-likeness (QED) is 0.609. The summed E-state index contributed by atoms with van der Waals surface area (Å²) >= 11 is 0. The number of urea groups is 1. The number of hydrogen-bond donors (Lipinski definition) is 3. The summed E-state index contributed by atoms with van der Waals surface area (Å²) < 4.78 is 0. The molecule has 0 aromatic heterocycles. The zero-order chi connectivity index (χ0) is 14.1. The number of carboxylic acids is 1. The van der Waals surface area contributed by atoms with E-state index in [-0.39, 0.29) is 18.8 Å². The SMILES string of the molecule is C#CC(CC)NC(=O)NC(=O)CC(C)CC(=O)O. The van der Waals surface area contributed by atoms with Crippen LogP contribution in [0, 0.1) is 18.3 Å². The Morgan fingerprint density at radius 3 is 2.39 bits per heavy atom. The van der Waals surface area contributed by atoms with Crippen LogP contribution < -0.4 is 10.6 Å². The number of aliphatic carboxylic acids is 1. The predicted octanol–water partition coefficient (Wildman–Crippen LogP) is 0.725. The van der Waals surface area contributed by atoms with Crippen molar-refractivity contribution in [2.24, 2.45) is 5.92 Å². The Labute approximate surface area is 106 Å². The summed E-state index contributed by atoms with van der Waals surface area (Å²) in [5.41, 5.74) is 0. The van der Waals surface area contributed by atoms with Crippen LogP contribution in [0.4, 0.5) is 4.79 Å². The third-order valence-electron chi connectivity index (χ3n) is 2.22. The molecule has 100 valence electrons. The van der Waals surface area contributed by atoms with Crippen LogP contribution in [0.1, 0.15) is 33.1 Å². The van der Waals surface area contributed by atoms with Gasteiger partial charge in [-0.3, -0.25) is 14.9 Å². The number of carbonyl (C=O) groups excluding carboxylic acids is 2. The van der Waals surface area contributed by atoms with Gasteiger partial charge in [0.1, 0.15) is 0 Å². The molecule has 0 aliphatic rings. The van der Waals surface area contributed by atoms with Crippen LogP contribution in [0.5, 0.6) is 0 Å². The number of hydrogen-bond acceptors (Lipinski definition) is 3. The molecule has 0 aromatic carbocycles. The Morgan fingerprint density at radius 2 is 1.94 bits per heavy atom. The third-order valence-corrected chi connectivity index (χ3v) is 2.22. The van der Waals surface area contributed by atoms with Gasteiger partial charge in [-0.2, -0.15) is 0 Å². The summed E-state index contributed by atoms with van der Waals surface area (Å²) in [7, 11) is 0. The van der Waals surface area contributed by atoms with Crippen LogP contribution in [0.3, 0.4) is 0 Å². The van der Waals surface area contributed by atoms with Crippen molar-refractivity contribution in [1.82, 2.24) is 10.6 Å². The largest absolute Gasteiger partial charge is 0.481 e. The van der Waals surface area contributed by atoms with E-state index in [1.165, 1.54) is 0 Å². The van der Waals surface area contributed by atoms with E-state index in [0.29, 0.717) is 6.42 Å². The van der Waals surface area contributed by atoms with E-state index in [0.717, 1.165) is 0 Å². The molecule has 0 spiro atoms. The van der Waals surface area contributed by atoms with Crippen molar-refractivity contribution in [3.05, 3.63) is 0 Å². The lowest BCUT2D eigenvalue weighted by atomic mass is 10.0. The maximum Gasteiger partial charge on any atom is 0.322 e. The van der Waals surface area contributed by atoms with Crippen LogP contribution in [0.2, 0.25) is 0 Å². The zero-order valence-electron chi connectivity index (χ0n) is 10.5. The molecule has 0 aromatic rings. The van der Waals surface area contributed by atoms with Gasteiger partial charge in [0.15, 0.2) is 0 Å². The summed E-state index contributed by atoms with van der Waals surface area (Å²) in [6.07, 6.45) is 5.58. The van der Waals surface area contributed by atoms with E-state index < -0.39 is 23.9 Å². The molecule has 6 nitrogen and oxygen atoms in total. The van der Waals surface area contributed by atoms with Gasteiger partial charge >= 0.3 is 12.0 Å². The van der Waals surface area contributed by atoms with Crippen molar-refractivity contribution in [3.8, 4) is 12.3 Å². The van der Waals surface area contributed by atoms with E-state index >= 15 is 0 Å². The fourth-order valence-corrected chi connectivity index (χ4v) is 1.32. The van der Waals surface area contributed by atoms with Crippen molar-refractivity contribution in [2.45, 2.75) is 39.2 Å². The Hall–Kier alpha value is -2.03. The first-order valence-corrected chi connectivity index (χ1v) is 5.67. The van der Waals surface area contributed by atoms with Gasteiger partial charge < -0.3 is 10.4 Å². The molecule has 0 saturated heterocycles. The molecule has 0 radical (unpaired) electrons. The van der Waals surface area contributed by atoms with E-state index in [1.54, 1.807) is 6.92 Å². The third kappa shape index (κ3) is 7.28. The molecule has 6 heteroatoms. The standard InChI is InChI=1S/C12H18N2O4/c1-4-9(5-2)13-12(18)14-10(15)6-8(3)7-11(16)17/h1,8-9H,5-7H2,2-3H3,(H,16,17)(H2,13,14,15,18). The van der Waals surface area contributed by atoms with Gasteiger partial charge in [-0.05, 0) is 12.3 Å². The number of imide groups is 1. The van der Waals surface area contributed by atoms with Crippen LogP contribution in [0.25, 0.3) is 0 Å². The number of nitrogens with one attached hydrogen (secondary N) is 2. The van der Waals surface area contributed by atoms with Crippen LogP contribution >= 0.6 is 0 Å². The van der Waals surface area contributed by atoms with Crippen molar-refractivity contribution >= 4 is 17.9 Å². The maximum absolute atomic E-state index is 11.4. The van der Waals surface area contributed by atoms with Crippen molar-refractivity contribution in [1.29, 1.82) is 0 Å². The number of rotatable bonds is 6. The first-order valence-electron chi connectivity index (χ1n) is 5.67. The van der Waals surface area contributed by atoms with E-state index in [1.807, 2.05) is 6.92 Å². The topological polar surface area (TPSA) is 95.5 Å². The Bertz CT molecular complexity index is 360. The molecule has 3 amide bonds. The molecular formula is C12H18N2O4. The van der Waals surface area contributed by atoms with E-state index in [2.05, 4.69) is 16.6 Å². The highest BCUT2D eigenvalue weighted by Crippen LogP contribution is 2.06. The second-order valence-corrected chi connectivity index (χ2v) is 4.06. The average molecular weight is 254 g/mol. The molecule has 0 aliphatic carbocycles. The molecule has 2 unspecified atom stereocenters. The van der Waals surface area contributed by atoms with Gasteiger partial charge in [0.25, 0.3) is 0 Å². The number of carboxylic acid groups (broad SMARTS) is 1. The first kappa shape index (κ1) is 16.0. The number of amides is 3. The van der Waals surface area contributed by atoms with Crippen molar-refractivity contribution < 1.29 is 19.5 Å². The second-order valence-electron chi connectivity index (χ2n) is 4.06. The van der Waals surface area contributed by atoms with E-state index in [4.69, 9.17) is 11.5 Å².